The summed E-state index contributed by atoms with van der Waals surface area (Å²) in [5.74, 6) is 1.44. The van der Waals surface area contributed by atoms with Crippen LogP contribution in [0.2, 0.25) is 0 Å². The second-order valence-corrected chi connectivity index (χ2v) is 7.81. The maximum atomic E-state index is 13.5. The molecular formula is C22H28FIN4OS. The van der Waals surface area contributed by atoms with Crippen LogP contribution < -0.4 is 15.5 Å². The average Bonchev–Trinajstić information content (AvgIpc) is 3.16. The van der Waals surface area contributed by atoms with Gasteiger partial charge in [0.25, 0.3) is 0 Å². The third kappa shape index (κ3) is 6.60. The van der Waals surface area contributed by atoms with E-state index in [1.54, 1.807) is 24.9 Å². The summed E-state index contributed by atoms with van der Waals surface area (Å²) >= 11 is 1.67. The molecule has 1 saturated heterocycles. The lowest BCUT2D eigenvalue weighted by Gasteiger charge is -2.17. The highest BCUT2D eigenvalue weighted by molar-refractivity contribution is 14.0. The third-order valence-corrected chi connectivity index (χ3v) is 5.52. The monoisotopic (exact) mass is 542 g/mol. The summed E-state index contributed by atoms with van der Waals surface area (Å²) in [4.78, 5) is 18.0. The summed E-state index contributed by atoms with van der Waals surface area (Å²) in [6.07, 6.45) is 3.57. The summed E-state index contributed by atoms with van der Waals surface area (Å²) < 4.78 is 13.5. The van der Waals surface area contributed by atoms with Crippen LogP contribution in [0.25, 0.3) is 0 Å². The molecule has 1 fully saturated rings. The van der Waals surface area contributed by atoms with Crippen LogP contribution in [0.5, 0.6) is 0 Å². The molecule has 0 aliphatic carbocycles. The van der Waals surface area contributed by atoms with Crippen molar-refractivity contribution in [2.24, 2.45) is 4.99 Å². The lowest BCUT2D eigenvalue weighted by atomic mass is 10.1. The van der Waals surface area contributed by atoms with Gasteiger partial charge in [0.1, 0.15) is 5.82 Å². The number of carbonyl (C=O) groups excluding carboxylic acids is 1. The van der Waals surface area contributed by atoms with Gasteiger partial charge in [0.15, 0.2) is 5.96 Å². The predicted octanol–water partition coefficient (Wildman–Crippen LogP) is 4.30. The molecule has 5 nitrogen and oxygen atoms in total. The number of benzene rings is 2. The van der Waals surface area contributed by atoms with Gasteiger partial charge in [-0.2, -0.15) is 11.8 Å². The number of carbonyl (C=O) groups is 1. The summed E-state index contributed by atoms with van der Waals surface area (Å²) in [5, 5.41) is 6.59. The number of rotatable bonds is 7. The van der Waals surface area contributed by atoms with Gasteiger partial charge in [-0.15, -0.1) is 24.0 Å². The Balaban J connectivity index is 0.00000320. The number of aliphatic imine (C=N–C) groups is 1. The van der Waals surface area contributed by atoms with Crippen molar-refractivity contribution in [1.82, 2.24) is 10.6 Å². The summed E-state index contributed by atoms with van der Waals surface area (Å²) in [6.45, 7) is 2.00. The molecule has 1 aliphatic heterocycles. The van der Waals surface area contributed by atoms with Crippen LogP contribution in [0.3, 0.4) is 0 Å². The second-order valence-electron chi connectivity index (χ2n) is 6.94. The SMILES string of the molecule is CN=C(NCc1ccc(N2CCCC2=O)cc1)NCc1ccc(F)cc1CSC.I. The van der Waals surface area contributed by atoms with Crippen molar-refractivity contribution in [1.29, 1.82) is 0 Å². The molecule has 162 valence electrons. The fraction of sp³-hybridized carbons (Fsp3) is 0.364. The molecule has 0 radical (unpaired) electrons. The highest BCUT2D eigenvalue weighted by Crippen LogP contribution is 2.21. The Morgan fingerprint density at radius 3 is 2.50 bits per heavy atom. The lowest BCUT2D eigenvalue weighted by Crippen LogP contribution is -2.36. The van der Waals surface area contributed by atoms with E-state index in [4.69, 9.17) is 0 Å². The van der Waals surface area contributed by atoms with Crippen molar-refractivity contribution in [2.75, 3.05) is 24.7 Å². The van der Waals surface area contributed by atoms with E-state index in [1.807, 2.05) is 41.5 Å². The highest BCUT2D eigenvalue weighted by Gasteiger charge is 2.21. The number of thioether (sulfide) groups is 1. The number of nitrogens with one attached hydrogen (secondary N) is 2. The Morgan fingerprint density at radius 2 is 1.87 bits per heavy atom. The summed E-state index contributed by atoms with van der Waals surface area (Å²) in [7, 11) is 1.73. The summed E-state index contributed by atoms with van der Waals surface area (Å²) in [5.41, 5.74) is 4.11. The van der Waals surface area contributed by atoms with Crippen molar-refractivity contribution >= 4 is 53.3 Å². The van der Waals surface area contributed by atoms with E-state index in [9.17, 15) is 9.18 Å². The maximum absolute atomic E-state index is 13.5. The molecule has 0 spiro atoms. The van der Waals surface area contributed by atoms with E-state index in [0.29, 0.717) is 25.5 Å². The average molecular weight is 542 g/mol. The lowest BCUT2D eigenvalue weighted by molar-refractivity contribution is -0.117. The molecule has 0 bridgehead atoms. The van der Waals surface area contributed by atoms with E-state index < -0.39 is 0 Å². The Kier molecular flexibility index (Phi) is 9.90. The van der Waals surface area contributed by atoms with Gasteiger partial charge >= 0.3 is 0 Å². The first-order chi connectivity index (χ1) is 14.1. The molecule has 30 heavy (non-hydrogen) atoms. The zero-order valence-electron chi connectivity index (χ0n) is 17.3. The number of hydrogen-bond donors (Lipinski definition) is 2. The summed E-state index contributed by atoms with van der Waals surface area (Å²) in [6, 6.07) is 12.9. The molecule has 2 aromatic rings. The van der Waals surface area contributed by atoms with E-state index in [-0.39, 0.29) is 35.7 Å². The molecule has 2 N–H and O–H groups in total. The maximum Gasteiger partial charge on any atom is 0.227 e. The van der Waals surface area contributed by atoms with Crippen LogP contribution in [0.4, 0.5) is 10.1 Å². The van der Waals surface area contributed by atoms with Gasteiger partial charge in [0, 0.05) is 44.5 Å². The molecule has 1 aliphatic rings. The van der Waals surface area contributed by atoms with Crippen LogP contribution in [0, 0.1) is 5.82 Å². The van der Waals surface area contributed by atoms with Gasteiger partial charge in [-0.1, -0.05) is 18.2 Å². The van der Waals surface area contributed by atoms with E-state index in [2.05, 4.69) is 15.6 Å². The molecule has 0 unspecified atom stereocenters. The molecule has 8 heteroatoms. The van der Waals surface area contributed by atoms with Crippen molar-refractivity contribution in [3.63, 3.8) is 0 Å². The molecular weight excluding hydrogens is 514 g/mol. The van der Waals surface area contributed by atoms with Crippen LogP contribution >= 0.6 is 35.7 Å². The zero-order chi connectivity index (χ0) is 20.6. The molecule has 2 aromatic carbocycles. The fourth-order valence-corrected chi connectivity index (χ4v) is 3.94. The second kappa shape index (κ2) is 12.1. The van der Waals surface area contributed by atoms with E-state index >= 15 is 0 Å². The molecule has 1 heterocycles. The first-order valence-corrected chi connectivity index (χ1v) is 11.1. The van der Waals surface area contributed by atoms with Crippen molar-refractivity contribution in [2.45, 2.75) is 31.7 Å². The van der Waals surface area contributed by atoms with E-state index in [1.165, 1.54) is 6.07 Å². The first-order valence-electron chi connectivity index (χ1n) is 9.71. The van der Waals surface area contributed by atoms with Gasteiger partial charge in [0.2, 0.25) is 5.91 Å². The molecule has 1 amide bonds. The Hall–Kier alpha value is -1.81. The normalized spacial score (nSPS) is 13.9. The molecule has 0 aromatic heterocycles. The number of hydrogen-bond acceptors (Lipinski definition) is 3. The minimum Gasteiger partial charge on any atom is -0.352 e. The standard InChI is InChI=1S/C22H27FN4OS.HI/c1-24-22(26-14-17-7-8-19(23)12-18(17)15-29-2)25-13-16-5-9-20(10-6-16)27-11-3-4-21(27)28;/h5-10,12H,3-4,11,13-15H2,1-2H3,(H2,24,25,26);1H. The van der Waals surface area contributed by atoms with Gasteiger partial charge in [0.05, 0.1) is 0 Å². The number of nitrogens with zero attached hydrogens (tertiary/aromatic N) is 2. The Labute approximate surface area is 198 Å². The minimum atomic E-state index is -0.209. The largest absolute Gasteiger partial charge is 0.352 e. The number of anilines is 1. The van der Waals surface area contributed by atoms with Gasteiger partial charge in [-0.05, 0) is 53.6 Å². The Bertz CT molecular complexity index is 876. The molecule has 3 rings (SSSR count). The van der Waals surface area contributed by atoms with E-state index in [0.717, 1.165) is 41.1 Å². The smallest absolute Gasteiger partial charge is 0.227 e. The van der Waals surface area contributed by atoms with Crippen LogP contribution in [-0.4, -0.2) is 31.7 Å². The van der Waals surface area contributed by atoms with Crippen LogP contribution in [0.15, 0.2) is 47.5 Å². The van der Waals surface area contributed by atoms with Crippen molar-refractivity contribution in [3.8, 4) is 0 Å². The number of guanidine groups is 1. The third-order valence-electron chi connectivity index (χ3n) is 4.92. The topological polar surface area (TPSA) is 56.7 Å². The van der Waals surface area contributed by atoms with Crippen molar-refractivity contribution < 1.29 is 9.18 Å². The van der Waals surface area contributed by atoms with Gasteiger partial charge < -0.3 is 15.5 Å². The first kappa shape index (κ1) is 24.5. The highest BCUT2D eigenvalue weighted by atomic mass is 127. The quantitative estimate of drug-likeness (QED) is 0.312. The van der Waals surface area contributed by atoms with Crippen LogP contribution in [0.1, 0.15) is 29.5 Å². The zero-order valence-corrected chi connectivity index (χ0v) is 20.4. The van der Waals surface area contributed by atoms with Crippen LogP contribution in [-0.2, 0) is 23.6 Å². The number of halogens is 2. The fourth-order valence-electron chi connectivity index (χ4n) is 3.36. The Morgan fingerprint density at radius 1 is 1.13 bits per heavy atom. The van der Waals surface area contributed by atoms with Gasteiger partial charge in [-0.25, -0.2) is 4.39 Å². The predicted molar refractivity (Wildman–Crippen MR) is 134 cm³/mol. The van der Waals surface area contributed by atoms with Crippen molar-refractivity contribution in [3.05, 3.63) is 65.0 Å². The minimum absolute atomic E-state index is 0. The molecule has 0 atom stereocenters. The van der Waals surface area contributed by atoms with Gasteiger partial charge in [-0.3, -0.25) is 9.79 Å². The number of amides is 1. The molecule has 0 saturated carbocycles.